The summed E-state index contributed by atoms with van der Waals surface area (Å²) in [6.07, 6.45) is 1.52. The van der Waals surface area contributed by atoms with Crippen LogP contribution < -0.4 is 11.2 Å². The van der Waals surface area contributed by atoms with E-state index in [1.54, 1.807) is 18.7 Å². The van der Waals surface area contributed by atoms with Crippen LogP contribution in [-0.4, -0.2) is 40.8 Å². The zero-order chi connectivity index (χ0) is 15.6. The fraction of sp³-hybridized carbons (Fsp3) is 0.300. The van der Waals surface area contributed by atoms with E-state index in [0.29, 0.717) is 11.2 Å². The van der Waals surface area contributed by atoms with Gasteiger partial charge in [0.2, 0.25) is 0 Å². The summed E-state index contributed by atoms with van der Waals surface area (Å²) in [5.74, 6) is -3.65. The highest BCUT2D eigenvalue weighted by Crippen LogP contribution is 2.01. The van der Waals surface area contributed by atoms with Crippen molar-refractivity contribution in [3.8, 4) is 0 Å². The van der Waals surface area contributed by atoms with E-state index in [-0.39, 0.29) is 11.2 Å². The number of fused-ring (bicyclic) bond motifs is 1. The second kappa shape index (κ2) is 5.38. The van der Waals surface area contributed by atoms with Crippen molar-refractivity contribution in [1.82, 2.24) is 18.7 Å². The third kappa shape index (κ3) is 2.58. The molecule has 2 aromatic rings. The van der Waals surface area contributed by atoms with Crippen molar-refractivity contribution >= 4 is 23.1 Å². The molecule has 0 aliphatic carbocycles. The Morgan fingerprint density at radius 1 is 1.05 bits per heavy atom. The topological polar surface area (TPSA) is 136 Å². The normalized spacial score (nSPS) is 9.95. The molecule has 2 N–H and O–H groups in total. The Bertz CT molecular complexity index is 784. The second-order valence-electron chi connectivity index (χ2n) is 3.84. The van der Waals surface area contributed by atoms with Gasteiger partial charge in [0.15, 0.2) is 11.2 Å². The van der Waals surface area contributed by atoms with Crippen molar-refractivity contribution in [2.45, 2.75) is 0 Å². The minimum atomic E-state index is -1.82. The summed E-state index contributed by atoms with van der Waals surface area (Å²) in [5, 5.41) is 14.8. The van der Waals surface area contributed by atoms with Gasteiger partial charge in [-0.3, -0.25) is 13.9 Å². The molecule has 0 spiro atoms. The fourth-order valence-electron chi connectivity index (χ4n) is 1.47. The number of hydrogen-bond donors (Lipinski definition) is 2. The highest BCUT2D eigenvalue weighted by molar-refractivity contribution is 6.27. The molecule has 0 amide bonds. The van der Waals surface area contributed by atoms with Gasteiger partial charge in [0.05, 0.1) is 6.33 Å². The minimum absolute atomic E-state index is 0.317. The third-order valence-electron chi connectivity index (χ3n) is 2.50. The first-order valence-corrected chi connectivity index (χ1v) is 5.21. The lowest BCUT2D eigenvalue weighted by Crippen LogP contribution is -2.37. The molecule has 10 heteroatoms. The standard InChI is InChI=1S/C8H10N4O2.C2H2O4/c1-10-4-9-6-5(10)7(13)12(3)8(14)11(6)2;3-1(4)2(5)6/h4H,1-3H3;(H,3,4)(H,5,6). The summed E-state index contributed by atoms with van der Waals surface area (Å²) in [6.45, 7) is 0. The maximum atomic E-state index is 11.7. The smallest absolute Gasteiger partial charge is 0.414 e. The number of carboxylic acids is 2. The Kier molecular flexibility index (Phi) is 4.08. The number of rotatable bonds is 0. The molecule has 2 heterocycles. The van der Waals surface area contributed by atoms with Gasteiger partial charge in [0.25, 0.3) is 5.56 Å². The summed E-state index contributed by atoms with van der Waals surface area (Å²) < 4.78 is 4.04. The molecule has 0 fully saturated rings. The quantitative estimate of drug-likeness (QED) is 0.540. The van der Waals surface area contributed by atoms with E-state index in [4.69, 9.17) is 19.8 Å². The molecule has 0 aromatic carbocycles. The zero-order valence-corrected chi connectivity index (χ0v) is 10.9. The molecule has 0 unspecified atom stereocenters. The van der Waals surface area contributed by atoms with Crippen LogP contribution in [0, 0.1) is 0 Å². The van der Waals surface area contributed by atoms with E-state index in [0.717, 1.165) is 4.57 Å². The third-order valence-corrected chi connectivity index (χ3v) is 2.50. The van der Waals surface area contributed by atoms with Crippen LogP contribution in [0.1, 0.15) is 0 Å². The summed E-state index contributed by atoms with van der Waals surface area (Å²) >= 11 is 0. The molecule has 20 heavy (non-hydrogen) atoms. The maximum Gasteiger partial charge on any atom is 0.414 e. The lowest BCUT2D eigenvalue weighted by atomic mass is 10.5. The largest absolute Gasteiger partial charge is 0.473 e. The van der Waals surface area contributed by atoms with Crippen LogP contribution >= 0.6 is 0 Å². The summed E-state index contributed by atoms with van der Waals surface area (Å²) in [4.78, 5) is 45.4. The number of aliphatic carboxylic acids is 2. The monoisotopic (exact) mass is 284 g/mol. The fourth-order valence-corrected chi connectivity index (χ4v) is 1.47. The molecular formula is C10H12N4O6. The Morgan fingerprint density at radius 3 is 2.00 bits per heavy atom. The molecule has 2 rings (SSSR count). The minimum Gasteiger partial charge on any atom is -0.473 e. The number of aryl methyl sites for hydroxylation is 2. The Morgan fingerprint density at radius 2 is 1.55 bits per heavy atom. The van der Waals surface area contributed by atoms with Crippen LogP contribution in [0.4, 0.5) is 0 Å². The van der Waals surface area contributed by atoms with Gasteiger partial charge in [-0.05, 0) is 0 Å². The van der Waals surface area contributed by atoms with Crippen LogP contribution in [0.15, 0.2) is 15.9 Å². The van der Waals surface area contributed by atoms with E-state index in [9.17, 15) is 9.59 Å². The number of carboxylic acid groups (broad SMARTS) is 2. The van der Waals surface area contributed by atoms with Gasteiger partial charge in [-0.1, -0.05) is 0 Å². The lowest BCUT2D eigenvalue weighted by molar-refractivity contribution is -0.159. The highest BCUT2D eigenvalue weighted by atomic mass is 16.4. The molecule has 0 saturated heterocycles. The van der Waals surface area contributed by atoms with Gasteiger partial charge in [-0.25, -0.2) is 19.4 Å². The molecule has 0 saturated carbocycles. The first kappa shape index (κ1) is 15.1. The first-order chi connectivity index (χ1) is 9.18. The lowest BCUT2D eigenvalue weighted by Gasteiger charge is -2.02. The van der Waals surface area contributed by atoms with E-state index in [1.807, 2.05) is 0 Å². The number of carbonyl (C=O) groups is 2. The van der Waals surface area contributed by atoms with Gasteiger partial charge >= 0.3 is 17.6 Å². The summed E-state index contributed by atoms with van der Waals surface area (Å²) in [7, 11) is 4.77. The van der Waals surface area contributed by atoms with Gasteiger partial charge in [0, 0.05) is 21.1 Å². The Labute approximate surface area is 111 Å². The Balaban J connectivity index is 0.000000286. The van der Waals surface area contributed by atoms with Gasteiger partial charge in [-0.15, -0.1) is 0 Å². The van der Waals surface area contributed by atoms with Gasteiger partial charge < -0.3 is 14.8 Å². The Hall–Kier alpha value is -2.91. The molecule has 0 atom stereocenters. The van der Waals surface area contributed by atoms with Crippen LogP contribution in [-0.2, 0) is 30.7 Å². The van der Waals surface area contributed by atoms with Gasteiger partial charge in [0.1, 0.15) is 0 Å². The molecule has 0 bridgehead atoms. The summed E-state index contributed by atoms with van der Waals surface area (Å²) in [5.41, 5.74) is 0.180. The van der Waals surface area contributed by atoms with Crippen molar-refractivity contribution in [1.29, 1.82) is 0 Å². The number of imidazole rings is 1. The van der Waals surface area contributed by atoms with E-state index in [1.165, 1.54) is 17.9 Å². The maximum absolute atomic E-state index is 11.7. The molecule has 2 aromatic heterocycles. The van der Waals surface area contributed by atoms with E-state index < -0.39 is 11.9 Å². The molecular weight excluding hydrogens is 272 g/mol. The van der Waals surface area contributed by atoms with Crippen molar-refractivity contribution in [2.75, 3.05) is 0 Å². The van der Waals surface area contributed by atoms with Crippen LogP contribution in [0.3, 0.4) is 0 Å². The zero-order valence-electron chi connectivity index (χ0n) is 10.9. The van der Waals surface area contributed by atoms with Crippen molar-refractivity contribution in [3.05, 3.63) is 27.2 Å². The molecule has 0 radical (unpaired) electrons. The number of nitrogens with zero attached hydrogens (tertiary/aromatic N) is 4. The predicted molar refractivity (Wildman–Crippen MR) is 66.5 cm³/mol. The second-order valence-corrected chi connectivity index (χ2v) is 3.84. The van der Waals surface area contributed by atoms with Crippen LogP contribution in [0.25, 0.3) is 11.2 Å². The summed E-state index contributed by atoms with van der Waals surface area (Å²) in [6, 6.07) is 0. The molecule has 108 valence electrons. The van der Waals surface area contributed by atoms with Crippen molar-refractivity contribution in [3.63, 3.8) is 0 Å². The van der Waals surface area contributed by atoms with Crippen LogP contribution in [0.2, 0.25) is 0 Å². The van der Waals surface area contributed by atoms with Crippen molar-refractivity contribution < 1.29 is 19.8 Å². The van der Waals surface area contributed by atoms with Crippen LogP contribution in [0.5, 0.6) is 0 Å². The molecule has 10 nitrogen and oxygen atoms in total. The average Bonchev–Trinajstić information content (AvgIpc) is 2.76. The number of aromatic nitrogens is 4. The number of hydrogen-bond acceptors (Lipinski definition) is 5. The highest BCUT2D eigenvalue weighted by Gasteiger charge is 2.11. The van der Waals surface area contributed by atoms with E-state index in [2.05, 4.69) is 4.98 Å². The predicted octanol–water partition coefficient (Wildman–Crippen LogP) is -1.87. The first-order valence-electron chi connectivity index (χ1n) is 5.21. The van der Waals surface area contributed by atoms with Gasteiger partial charge in [-0.2, -0.15) is 0 Å². The van der Waals surface area contributed by atoms with E-state index >= 15 is 0 Å². The SMILES string of the molecule is Cn1c(=O)c2c(ncn2C)n(C)c1=O.O=C(O)C(=O)O. The molecule has 0 aliphatic rings. The molecule has 0 aliphatic heterocycles. The average molecular weight is 284 g/mol. The van der Waals surface area contributed by atoms with Crippen molar-refractivity contribution in [2.24, 2.45) is 21.1 Å².